The van der Waals surface area contributed by atoms with Gasteiger partial charge in [-0.05, 0) is 6.92 Å². The third-order valence-electron chi connectivity index (χ3n) is 0.574. The van der Waals surface area contributed by atoms with Crippen LogP contribution in [0.5, 0.6) is 0 Å². The maximum Gasteiger partial charge on any atom is 0.310 e. The van der Waals surface area contributed by atoms with Crippen LogP contribution in [-0.2, 0) is 4.79 Å². The van der Waals surface area contributed by atoms with Crippen LogP contribution in [0, 0.1) is 10.4 Å². The van der Waals surface area contributed by atoms with E-state index in [1.165, 1.54) is 0 Å². The molecule has 0 saturated carbocycles. The minimum absolute atomic E-state index is 0.392. The highest BCUT2D eigenvalue weighted by Crippen LogP contribution is 1.61. The molecule has 1 amide bonds. The summed E-state index contributed by atoms with van der Waals surface area (Å²) in [5, 5.41) is 21.4. The summed E-state index contributed by atoms with van der Waals surface area (Å²) in [5.41, 5.74) is 0. The summed E-state index contributed by atoms with van der Waals surface area (Å²) >= 11 is 0. The first-order valence-electron chi connectivity index (χ1n) is 2.43. The molecule has 0 aliphatic carbocycles. The monoisotopic (exact) mass is 131 g/mol. The van der Waals surface area contributed by atoms with Crippen LogP contribution in [0.15, 0.2) is 0 Å². The first-order chi connectivity index (χ1) is 4.16. The quantitative estimate of drug-likeness (QED) is 0.303. The zero-order valence-corrected chi connectivity index (χ0v) is 4.96. The lowest BCUT2D eigenvalue weighted by atomic mass is 10.6. The molecular weight excluding hydrogens is 124 g/mol. The Bertz CT molecular complexity index is 128. The van der Waals surface area contributed by atoms with E-state index in [1.54, 1.807) is 6.92 Å². The summed E-state index contributed by atoms with van der Waals surface area (Å²) in [6.45, 7) is 2.09. The van der Waals surface area contributed by atoms with Crippen molar-refractivity contribution in [2.24, 2.45) is 0 Å². The normalized spacial score (nSPS) is 8.11. The lowest BCUT2D eigenvalue weighted by molar-refractivity contribution is -0.372. The van der Waals surface area contributed by atoms with Crippen molar-refractivity contribution in [1.29, 1.82) is 0 Å². The molecule has 0 aliphatic rings. The Hall–Kier alpha value is -1.26. The number of carbonyl (C=O) groups excluding carboxylic acids is 1. The SMILES string of the molecule is CCNC(=O)C=[N+]([O-])[O-]. The maximum absolute atomic E-state index is 10.2. The van der Waals surface area contributed by atoms with Gasteiger partial charge in [0.25, 0.3) is 6.21 Å². The Labute approximate surface area is 52.1 Å². The van der Waals surface area contributed by atoms with Crippen molar-refractivity contribution in [3.63, 3.8) is 0 Å². The second kappa shape index (κ2) is 3.71. The van der Waals surface area contributed by atoms with E-state index < -0.39 is 10.8 Å². The standard InChI is InChI=1S/C4H7N2O3/c1-2-5-4(7)3-6(8)9/h3H,2H2,1H3,(H-,5,7,8,9)/q-1. The first kappa shape index (κ1) is 7.74. The van der Waals surface area contributed by atoms with Gasteiger partial charge in [0.1, 0.15) is 0 Å². The minimum atomic E-state index is -0.787. The van der Waals surface area contributed by atoms with Crippen LogP contribution < -0.4 is 5.32 Å². The van der Waals surface area contributed by atoms with Crippen molar-refractivity contribution in [2.75, 3.05) is 6.54 Å². The fourth-order valence-electron chi connectivity index (χ4n) is 0.316. The highest BCUT2D eigenvalue weighted by molar-refractivity contribution is 6.24. The van der Waals surface area contributed by atoms with Crippen LogP contribution in [-0.4, -0.2) is 23.6 Å². The van der Waals surface area contributed by atoms with Gasteiger partial charge in [0, 0.05) is 6.54 Å². The van der Waals surface area contributed by atoms with Crippen LogP contribution >= 0.6 is 0 Å². The summed E-state index contributed by atoms with van der Waals surface area (Å²) in [5.74, 6) is -0.664. The zero-order valence-electron chi connectivity index (χ0n) is 4.96. The third-order valence-corrected chi connectivity index (χ3v) is 0.574. The summed E-state index contributed by atoms with van der Waals surface area (Å²) in [4.78, 5) is 9.46. The summed E-state index contributed by atoms with van der Waals surface area (Å²) in [6.07, 6.45) is 0.392. The molecule has 0 rings (SSSR count). The lowest BCUT2D eigenvalue weighted by Crippen LogP contribution is -2.25. The number of carbonyl (C=O) groups is 1. The first-order valence-corrected chi connectivity index (χ1v) is 2.43. The number of nitrogens with zero attached hydrogens (tertiary/aromatic N) is 1. The second-order valence-electron chi connectivity index (χ2n) is 1.31. The second-order valence-corrected chi connectivity index (χ2v) is 1.31. The molecule has 0 unspecified atom stereocenters. The fraction of sp³-hybridized carbons (Fsp3) is 0.500. The number of amides is 1. The number of rotatable bonds is 2. The van der Waals surface area contributed by atoms with E-state index in [9.17, 15) is 15.2 Å². The largest absolute Gasteiger partial charge is 0.612 e. The van der Waals surface area contributed by atoms with Crippen molar-refractivity contribution in [1.82, 2.24) is 5.32 Å². The molecule has 5 nitrogen and oxygen atoms in total. The van der Waals surface area contributed by atoms with Crippen LogP contribution in [0.3, 0.4) is 0 Å². The molecule has 1 N–H and O–H groups in total. The van der Waals surface area contributed by atoms with Gasteiger partial charge in [-0.15, -0.1) is 0 Å². The molecule has 5 heteroatoms. The van der Waals surface area contributed by atoms with Gasteiger partial charge >= 0.3 is 5.91 Å². The zero-order chi connectivity index (χ0) is 7.28. The van der Waals surface area contributed by atoms with Gasteiger partial charge < -0.3 is 15.7 Å². The molecule has 0 aromatic rings. The molecule has 9 heavy (non-hydrogen) atoms. The molecule has 0 aliphatic heterocycles. The molecule has 0 aromatic carbocycles. The van der Waals surface area contributed by atoms with Gasteiger partial charge in [-0.2, -0.15) is 4.90 Å². The molecule has 0 radical (unpaired) electrons. The van der Waals surface area contributed by atoms with Gasteiger partial charge in [0.05, 0.1) is 0 Å². The Morgan fingerprint density at radius 1 is 1.78 bits per heavy atom. The van der Waals surface area contributed by atoms with Crippen molar-refractivity contribution >= 4 is 12.1 Å². The minimum Gasteiger partial charge on any atom is -0.612 e. The van der Waals surface area contributed by atoms with Crippen molar-refractivity contribution in [2.45, 2.75) is 6.92 Å². The van der Waals surface area contributed by atoms with Gasteiger partial charge in [-0.3, -0.25) is 4.79 Å². The van der Waals surface area contributed by atoms with E-state index in [0.717, 1.165) is 0 Å². The highest BCUT2D eigenvalue weighted by Gasteiger charge is 1.94. The van der Waals surface area contributed by atoms with Crippen LogP contribution in [0.4, 0.5) is 0 Å². The maximum atomic E-state index is 10.2. The van der Waals surface area contributed by atoms with E-state index in [4.69, 9.17) is 0 Å². The fourth-order valence-corrected chi connectivity index (χ4v) is 0.316. The Morgan fingerprint density at radius 2 is 2.33 bits per heavy atom. The van der Waals surface area contributed by atoms with E-state index in [2.05, 4.69) is 5.32 Å². The predicted octanol–water partition coefficient (Wildman–Crippen LogP) is -0.799. The number of hydrogen-bond acceptors (Lipinski definition) is 3. The lowest BCUT2D eigenvalue weighted by Gasteiger charge is -2.00. The van der Waals surface area contributed by atoms with Gasteiger partial charge in [-0.1, -0.05) is 0 Å². The van der Waals surface area contributed by atoms with Crippen LogP contribution in [0.25, 0.3) is 0 Å². The summed E-state index contributed by atoms with van der Waals surface area (Å²) in [7, 11) is 0. The summed E-state index contributed by atoms with van der Waals surface area (Å²) < 4.78 is 0. The third kappa shape index (κ3) is 4.60. The number of nitrogens with one attached hydrogen (secondary N) is 1. The predicted molar refractivity (Wildman–Crippen MR) is 31.7 cm³/mol. The average molecular weight is 131 g/mol. The van der Waals surface area contributed by atoms with Crippen LogP contribution in [0.1, 0.15) is 6.92 Å². The van der Waals surface area contributed by atoms with Crippen molar-refractivity contribution in [3.05, 3.63) is 10.4 Å². The molecule has 0 bridgehead atoms. The van der Waals surface area contributed by atoms with Crippen molar-refractivity contribution in [3.8, 4) is 0 Å². The van der Waals surface area contributed by atoms with Gasteiger partial charge in [0.15, 0.2) is 0 Å². The molecule has 0 aromatic heterocycles. The Morgan fingerprint density at radius 3 is 2.67 bits per heavy atom. The smallest absolute Gasteiger partial charge is 0.310 e. The topological polar surface area (TPSA) is 78.2 Å². The van der Waals surface area contributed by atoms with E-state index in [1.807, 2.05) is 0 Å². The molecular formula is C4H7N2O3-. The molecule has 52 valence electrons. The van der Waals surface area contributed by atoms with Crippen molar-refractivity contribution < 1.29 is 9.70 Å². The number of hydrogen-bond donors (Lipinski definition) is 1. The molecule has 0 heterocycles. The highest BCUT2D eigenvalue weighted by atomic mass is 16.8. The Kier molecular flexibility index (Phi) is 3.19. The van der Waals surface area contributed by atoms with E-state index in [-0.39, 0.29) is 0 Å². The Balaban J connectivity index is 3.63. The summed E-state index contributed by atoms with van der Waals surface area (Å²) in [6, 6.07) is 0. The van der Waals surface area contributed by atoms with Crippen LogP contribution in [0.2, 0.25) is 0 Å². The average Bonchev–Trinajstić information content (AvgIpc) is 1.63. The van der Waals surface area contributed by atoms with E-state index in [0.29, 0.717) is 12.8 Å². The molecule has 0 spiro atoms. The molecule has 0 atom stereocenters. The van der Waals surface area contributed by atoms with E-state index >= 15 is 0 Å². The molecule has 0 saturated heterocycles. The van der Waals surface area contributed by atoms with Gasteiger partial charge in [0.2, 0.25) is 0 Å². The van der Waals surface area contributed by atoms with Gasteiger partial charge in [-0.25, -0.2) is 0 Å². The molecule has 0 fully saturated rings.